The number of benzene rings is 1. The van der Waals surface area contributed by atoms with E-state index in [0.717, 1.165) is 19.4 Å². The number of hydrogen-bond acceptors (Lipinski definition) is 4. The topological polar surface area (TPSA) is 56.8 Å². The Kier molecular flexibility index (Phi) is 5.24. The second-order valence-corrected chi connectivity index (χ2v) is 4.64. The van der Waals surface area contributed by atoms with Gasteiger partial charge in [0.1, 0.15) is 0 Å². The fourth-order valence-corrected chi connectivity index (χ4v) is 2.20. The van der Waals surface area contributed by atoms with Crippen LogP contribution in [0, 0.1) is 0 Å². The van der Waals surface area contributed by atoms with Crippen molar-refractivity contribution in [2.24, 2.45) is 0 Å². The molecule has 0 aliphatic carbocycles. The van der Waals surface area contributed by atoms with Crippen molar-refractivity contribution in [2.75, 3.05) is 26.9 Å². The Morgan fingerprint density at radius 3 is 2.95 bits per heavy atom. The number of carbonyl (C=O) groups excluding carboxylic acids is 1. The van der Waals surface area contributed by atoms with Gasteiger partial charge >= 0.3 is 0 Å². The predicted octanol–water partition coefficient (Wildman–Crippen LogP) is 2.00. The largest absolute Gasteiger partial charge is 0.493 e. The summed E-state index contributed by atoms with van der Waals surface area (Å²) in [6, 6.07) is 5.18. The van der Waals surface area contributed by atoms with Crippen molar-refractivity contribution < 1.29 is 19.0 Å². The number of amides is 1. The standard InChI is InChI=1S/C15H21NO4/c1-3-19-13-7-6-11(9-14(13)18-2)15(17)16-10-12-5-4-8-20-12/h6-7,9,12H,3-5,8,10H2,1-2H3,(H,16,17). The predicted molar refractivity (Wildman–Crippen MR) is 75.5 cm³/mol. The summed E-state index contributed by atoms with van der Waals surface area (Å²) in [7, 11) is 1.56. The van der Waals surface area contributed by atoms with Gasteiger partial charge in [-0.3, -0.25) is 4.79 Å². The summed E-state index contributed by atoms with van der Waals surface area (Å²) in [5.74, 6) is 1.09. The number of hydrogen-bond donors (Lipinski definition) is 1. The van der Waals surface area contributed by atoms with Gasteiger partial charge in [0.05, 0.1) is 19.8 Å². The molecule has 0 bridgehead atoms. The van der Waals surface area contributed by atoms with Crippen LogP contribution in [0.1, 0.15) is 30.1 Å². The number of ether oxygens (including phenoxy) is 3. The van der Waals surface area contributed by atoms with Gasteiger partial charge in [-0.1, -0.05) is 0 Å². The van der Waals surface area contributed by atoms with E-state index in [2.05, 4.69) is 5.32 Å². The SMILES string of the molecule is CCOc1ccc(C(=O)NCC2CCCO2)cc1OC. The number of carbonyl (C=O) groups is 1. The maximum Gasteiger partial charge on any atom is 0.251 e. The van der Waals surface area contributed by atoms with Gasteiger partial charge in [0.2, 0.25) is 0 Å². The molecule has 1 unspecified atom stereocenters. The van der Waals surface area contributed by atoms with E-state index in [4.69, 9.17) is 14.2 Å². The van der Waals surface area contributed by atoms with Crippen LogP contribution in [0.25, 0.3) is 0 Å². The molecule has 1 aliphatic heterocycles. The molecule has 0 aromatic heterocycles. The van der Waals surface area contributed by atoms with Gasteiger partial charge in [-0.05, 0) is 38.0 Å². The van der Waals surface area contributed by atoms with Gasteiger partial charge in [0.15, 0.2) is 11.5 Å². The molecule has 1 aromatic rings. The van der Waals surface area contributed by atoms with Crippen LogP contribution in [0.4, 0.5) is 0 Å². The first kappa shape index (κ1) is 14.7. The van der Waals surface area contributed by atoms with Gasteiger partial charge in [-0.2, -0.15) is 0 Å². The van der Waals surface area contributed by atoms with Crippen molar-refractivity contribution in [2.45, 2.75) is 25.9 Å². The average Bonchev–Trinajstić information content (AvgIpc) is 2.98. The summed E-state index contributed by atoms with van der Waals surface area (Å²) in [4.78, 5) is 12.1. The third-order valence-electron chi connectivity index (χ3n) is 3.24. The normalized spacial score (nSPS) is 17.8. The lowest BCUT2D eigenvalue weighted by molar-refractivity contribution is 0.0857. The van der Waals surface area contributed by atoms with E-state index in [-0.39, 0.29) is 12.0 Å². The summed E-state index contributed by atoms with van der Waals surface area (Å²) in [6.07, 6.45) is 2.22. The molecular weight excluding hydrogens is 258 g/mol. The molecule has 2 rings (SSSR count). The Labute approximate surface area is 119 Å². The summed E-state index contributed by atoms with van der Waals surface area (Å²) < 4.78 is 16.1. The highest BCUT2D eigenvalue weighted by Crippen LogP contribution is 2.28. The molecule has 5 nitrogen and oxygen atoms in total. The van der Waals surface area contributed by atoms with Crippen LogP contribution in [0.3, 0.4) is 0 Å². The van der Waals surface area contributed by atoms with Gasteiger partial charge in [0.25, 0.3) is 5.91 Å². The molecule has 1 N–H and O–H groups in total. The summed E-state index contributed by atoms with van der Waals surface area (Å²) in [6.45, 7) is 3.80. The lowest BCUT2D eigenvalue weighted by Crippen LogP contribution is -2.31. The Morgan fingerprint density at radius 2 is 2.30 bits per heavy atom. The van der Waals surface area contributed by atoms with Crippen LogP contribution in [0.2, 0.25) is 0 Å². The minimum absolute atomic E-state index is 0.123. The second-order valence-electron chi connectivity index (χ2n) is 4.64. The summed E-state index contributed by atoms with van der Waals surface area (Å²) >= 11 is 0. The smallest absolute Gasteiger partial charge is 0.251 e. The molecule has 1 amide bonds. The van der Waals surface area contributed by atoms with E-state index in [0.29, 0.717) is 30.2 Å². The van der Waals surface area contributed by atoms with Crippen molar-refractivity contribution in [3.8, 4) is 11.5 Å². The molecule has 0 radical (unpaired) electrons. The minimum Gasteiger partial charge on any atom is -0.493 e. The van der Waals surface area contributed by atoms with Crippen molar-refractivity contribution in [3.05, 3.63) is 23.8 Å². The zero-order valence-electron chi connectivity index (χ0n) is 12.0. The first-order chi connectivity index (χ1) is 9.74. The van der Waals surface area contributed by atoms with Crippen molar-refractivity contribution in [1.82, 2.24) is 5.32 Å². The van der Waals surface area contributed by atoms with Crippen LogP contribution in [-0.4, -0.2) is 38.9 Å². The number of nitrogens with one attached hydrogen (secondary N) is 1. The highest BCUT2D eigenvalue weighted by atomic mass is 16.5. The van der Waals surface area contributed by atoms with E-state index in [1.54, 1.807) is 25.3 Å². The lowest BCUT2D eigenvalue weighted by atomic mass is 10.1. The molecule has 1 atom stereocenters. The van der Waals surface area contributed by atoms with Crippen molar-refractivity contribution >= 4 is 5.91 Å². The molecule has 1 saturated heterocycles. The van der Waals surface area contributed by atoms with Crippen molar-refractivity contribution in [1.29, 1.82) is 0 Å². The Balaban J connectivity index is 1.98. The molecule has 1 aliphatic rings. The van der Waals surface area contributed by atoms with Gasteiger partial charge in [-0.25, -0.2) is 0 Å². The molecule has 110 valence electrons. The number of rotatable bonds is 6. The Bertz CT molecular complexity index is 455. The zero-order valence-corrected chi connectivity index (χ0v) is 12.0. The molecule has 5 heteroatoms. The number of methoxy groups -OCH3 is 1. The van der Waals surface area contributed by atoms with E-state index in [9.17, 15) is 4.79 Å². The van der Waals surface area contributed by atoms with Crippen LogP contribution < -0.4 is 14.8 Å². The second kappa shape index (κ2) is 7.14. The molecule has 0 saturated carbocycles. The molecule has 1 fully saturated rings. The first-order valence-electron chi connectivity index (χ1n) is 6.95. The van der Waals surface area contributed by atoms with E-state index in [1.165, 1.54) is 0 Å². The van der Waals surface area contributed by atoms with Gasteiger partial charge < -0.3 is 19.5 Å². The van der Waals surface area contributed by atoms with E-state index in [1.807, 2.05) is 6.92 Å². The quantitative estimate of drug-likeness (QED) is 0.865. The lowest BCUT2D eigenvalue weighted by Gasteiger charge is -2.13. The fourth-order valence-electron chi connectivity index (χ4n) is 2.20. The Morgan fingerprint density at radius 1 is 1.45 bits per heavy atom. The third kappa shape index (κ3) is 3.63. The molecule has 20 heavy (non-hydrogen) atoms. The van der Waals surface area contributed by atoms with Crippen LogP contribution in [0.15, 0.2) is 18.2 Å². The van der Waals surface area contributed by atoms with Crippen LogP contribution >= 0.6 is 0 Å². The van der Waals surface area contributed by atoms with E-state index >= 15 is 0 Å². The van der Waals surface area contributed by atoms with Gasteiger partial charge in [0, 0.05) is 18.7 Å². The van der Waals surface area contributed by atoms with Crippen LogP contribution in [-0.2, 0) is 4.74 Å². The molecular formula is C15H21NO4. The molecule has 0 spiro atoms. The third-order valence-corrected chi connectivity index (χ3v) is 3.24. The van der Waals surface area contributed by atoms with Crippen molar-refractivity contribution in [3.63, 3.8) is 0 Å². The molecule has 1 heterocycles. The highest BCUT2D eigenvalue weighted by molar-refractivity contribution is 5.94. The molecule has 1 aromatic carbocycles. The summed E-state index contributed by atoms with van der Waals surface area (Å²) in [5.41, 5.74) is 0.559. The van der Waals surface area contributed by atoms with E-state index < -0.39 is 0 Å². The maximum absolute atomic E-state index is 12.1. The highest BCUT2D eigenvalue weighted by Gasteiger charge is 2.17. The minimum atomic E-state index is -0.123. The first-order valence-corrected chi connectivity index (χ1v) is 6.95. The monoisotopic (exact) mass is 279 g/mol. The zero-order chi connectivity index (χ0) is 14.4. The van der Waals surface area contributed by atoms with Gasteiger partial charge in [-0.15, -0.1) is 0 Å². The average molecular weight is 279 g/mol. The maximum atomic E-state index is 12.1. The van der Waals surface area contributed by atoms with Crippen LogP contribution in [0.5, 0.6) is 11.5 Å². The Hall–Kier alpha value is -1.75. The fraction of sp³-hybridized carbons (Fsp3) is 0.533. The summed E-state index contributed by atoms with van der Waals surface area (Å²) in [5, 5.41) is 2.88.